The zero-order valence-electron chi connectivity index (χ0n) is 11.8. The number of phenols is 1. The van der Waals surface area contributed by atoms with Crippen molar-refractivity contribution in [3.8, 4) is 5.75 Å². The minimum absolute atomic E-state index is 0.139. The molecule has 0 bridgehead atoms. The van der Waals surface area contributed by atoms with Crippen LogP contribution in [0.1, 0.15) is 0 Å². The molecule has 3 aromatic carbocycles. The van der Waals surface area contributed by atoms with Gasteiger partial charge in [0.15, 0.2) is 5.43 Å². The summed E-state index contributed by atoms with van der Waals surface area (Å²) in [6, 6.07) is 24.2. The zero-order valence-corrected chi connectivity index (χ0v) is 12.6. The lowest BCUT2D eigenvalue weighted by atomic mass is 10.2. The molecule has 22 heavy (non-hydrogen) atoms. The van der Waals surface area contributed by atoms with E-state index in [9.17, 15) is 4.79 Å². The molecule has 0 radical (unpaired) electrons. The van der Waals surface area contributed by atoms with Crippen molar-refractivity contribution in [2.24, 2.45) is 0 Å². The van der Waals surface area contributed by atoms with Crippen LogP contribution >= 0.6 is 11.3 Å². The first-order valence-electron chi connectivity index (χ1n) is 6.90. The third-order valence-electron chi connectivity index (χ3n) is 3.24. The molecule has 4 aromatic rings. The first-order valence-corrected chi connectivity index (χ1v) is 7.72. The van der Waals surface area contributed by atoms with E-state index >= 15 is 0 Å². The Morgan fingerprint density at radius 3 is 1.55 bits per heavy atom. The number of phenolic OH excluding ortho intramolecular Hbond substituents is 1. The number of fused-ring (bicyclic) bond motifs is 2. The van der Waals surface area contributed by atoms with Gasteiger partial charge in [0.05, 0.1) is 0 Å². The Balaban J connectivity index is 0.000000174. The Morgan fingerprint density at radius 2 is 1.09 bits per heavy atom. The SMILES string of the molecule is O=c1c2ccccc2sc2ccccc12.Oc1ccccc1. The maximum Gasteiger partial charge on any atom is 0.195 e. The predicted octanol–water partition coefficient (Wildman–Crippen LogP) is 4.81. The van der Waals surface area contributed by atoms with Crippen LogP contribution in [0.15, 0.2) is 83.7 Å². The molecule has 3 heteroatoms. The van der Waals surface area contributed by atoms with Gasteiger partial charge >= 0.3 is 0 Å². The van der Waals surface area contributed by atoms with Crippen LogP contribution in [0, 0.1) is 0 Å². The quantitative estimate of drug-likeness (QED) is 0.473. The summed E-state index contributed by atoms with van der Waals surface area (Å²) in [5.41, 5.74) is 0.139. The first kappa shape index (κ1) is 14.3. The number of para-hydroxylation sites is 1. The van der Waals surface area contributed by atoms with Crippen molar-refractivity contribution in [1.82, 2.24) is 0 Å². The van der Waals surface area contributed by atoms with E-state index in [0.29, 0.717) is 5.75 Å². The maximum absolute atomic E-state index is 12.1. The molecule has 0 aliphatic rings. The minimum atomic E-state index is 0.139. The Morgan fingerprint density at radius 1 is 0.636 bits per heavy atom. The standard InChI is InChI=1S/C13H8OS.C6H6O/c14-13-9-5-1-3-7-11(9)15-12-8-4-2-6-10(12)13;7-6-4-2-1-3-5-6/h1-8H;1-5,7H. The monoisotopic (exact) mass is 306 g/mol. The molecular weight excluding hydrogens is 292 g/mol. The van der Waals surface area contributed by atoms with Crippen molar-refractivity contribution in [2.45, 2.75) is 0 Å². The second-order valence-corrected chi connectivity index (χ2v) is 5.84. The van der Waals surface area contributed by atoms with Gasteiger partial charge in [-0.3, -0.25) is 4.79 Å². The van der Waals surface area contributed by atoms with Crippen molar-refractivity contribution in [2.75, 3.05) is 0 Å². The fraction of sp³-hybridized carbons (Fsp3) is 0. The number of rotatable bonds is 0. The summed E-state index contributed by atoms with van der Waals surface area (Å²) in [5.74, 6) is 0.322. The summed E-state index contributed by atoms with van der Waals surface area (Å²) in [5, 5.41) is 10.3. The zero-order chi connectivity index (χ0) is 15.4. The van der Waals surface area contributed by atoms with Crippen molar-refractivity contribution in [3.63, 3.8) is 0 Å². The van der Waals surface area contributed by atoms with Crippen LogP contribution in [0.3, 0.4) is 0 Å². The molecule has 1 heterocycles. The van der Waals surface area contributed by atoms with Crippen LogP contribution in [0.5, 0.6) is 5.75 Å². The van der Waals surface area contributed by atoms with E-state index in [1.54, 1.807) is 35.6 Å². The summed E-state index contributed by atoms with van der Waals surface area (Å²) in [7, 11) is 0. The van der Waals surface area contributed by atoms with Gasteiger partial charge in [0.2, 0.25) is 0 Å². The first-order chi connectivity index (χ1) is 10.8. The highest BCUT2D eigenvalue weighted by atomic mass is 32.1. The van der Waals surface area contributed by atoms with E-state index in [1.807, 2.05) is 54.6 Å². The summed E-state index contributed by atoms with van der Waals surface area (Å²) < 4.78 is 2.11. The van der Waals surface area contributed by atoms with Crippen LogP contribution in [0.4, 0.5) is 0 Å². The summed E-state index contributed by atoms with van der Waals surface area (Å²) in [6.45, 7) is 0. The Kier molecular flexibility index (Phi) is 4.17. The fourth-order valence-electron chi connectivity index (χ4n) is 2.18. The molecular formula is C19H14O2S. The number of hydrogen-bond donors (Lipinski definition) is 1. The fourth-order valence-corrected chi connectivity index (χ4v) is 3.25. The Labute approximate surface area is 131 Å². The third kappa shape index (κ3) is 3.00. The van der Waals surface area contributed by atoms with Gasteiger partial charge in [0, 0.05) is 20.2 Å². The van der Waals surface area contributed by atoms with Gasteiger partial charge in [-0.2, -0.15) is 0 Å². The second-order valence-electron chi connectivity index (χ2n) is 4.76. The van der Waals surface area contributed by atoms with Gasteiger partial charge in [0.1, 0.15) is 5.75 Å². The highest BCUT2D eigenvalue weighted by Gasteiger charge is 2.03. The number of aromatic hydroxyl groups is 1. The summed E-state index contributed by atoms with van der Waals surface area (Å²) in [6.07, 6.45) is 0. The van der Waals surface area contributed by atoms with Crippen LogP contribution in [-0.4, -0.2) is 5.11 Å². The van der Waals surface area contributed by atoms with Gasteiger partial charge in [0.25, 0.3) is 0 Å². The van der Waals surface area contributed by atoms with Crippen molar-refractivity contribution in [1.29, 1.82) is 0 Å². The summed E-state index contributed by atoms with van der Waals surface area (Å²) >= 11 is 1.67. The molecule has 1 N–H and O–H groups in total. The minimum Gasteiger partial charge on any atom is -0.508 e. The lowest BCUT2D eigenvalue weighted by molar-refractivity contribution is 0.475. The predicted molar refractivity (Wildman–Crippen MR) is 93.7 cm³/mol. The van der Waals surface area contributed by atoms with Crippen LogP contribution in [0.2, 0.25) is 0 Å². The number of benzene rings is 3. The normalized spacial score (nSPS) is 10.2. The lowest BCUT2D eigenvalue weighted by Gasteiger charge is -1.99. The van der Waals surface area contributed by atoms with E-state index in [-0.39, 0.29) is 5.43 Å². The number of hydrogen-bond acceptors (Lipinski definition) is 3. The van der Waals surface area contributed by atoms with E-state index in [1.165, 1.54) is 0 Å². The van der Waals surface area contributed by atoms with Crippen molar-refractivity contribution >= 4 is 31.5 Å². The largest absolute Gasteiger partial charge is 0.508 e. The molecule has 0 spiro atoms. The Bertz CT molecular complexity index is 902. The smallest absolute Gasteiger partial charge is 0.195 e. The van der Waals surface area contributed by atoms with Gasteiger partial charge < -0.3 is 5.11 Å². The van der Waals surface area contributed by atoms with Gasteiger partial charge in [-0.25, -0.2) is 0 Å². The lowest BCUT2D eigenvalue weighted by Crippen LogP contribution is -1.99. The maximum atomic E-state index is 12.1. The van der Waals surface area contributed by atoms with Crippen molar-refractivity contribution < 1.29 is 5.11 Å². The van der Waals surface area contributed by atoms with E-state index in [4.69, 9.17) is 5.11 Å². The molecule has 4 rings (SSSR count). The van der Waals surface area contributed by atoms with Gasteiger partial charge in [-0.05, 0) is 36.4 Å². The molecule has 2 nitrogen and oxygen atoms in total. The molecule has 0 saturated carbocycles. The molecule has 0 aliphatic carbocycles. The highest BCUT2D eigenvalue weighted by Crippen LogP contribution is 2.23. The van der Waals surface area contributed by atoms with E-state index < -0.39 is 0 Å². The van der Waals surface area contributed by atoms with Crippen molar-refractivity contribution in [3.05, 3.63) is 89.1 Å². The molecule has 0 aliphatic heterocycles. The van der Waals surface area contributed by atoms with Gasteiger partial charge in [-0.1, -0.05) is 42.5 Å². The molecule has 0 fully saturated rings. The topological polar surface area (TPSA) is 37.3 Å². The second kappa shape index (κ2) is 6.41. The van der Waals surface area contributed by atoms with E-state index in [0.717, 1.165) is 20.2 Å². The molecule has 0 saturated heterocycles. The molecule has 0 unspecified atom stereocenters. The Hall–Kier alpha value is -2.65. The van der Waals surface area contributed by atoms with E-state index in [2.05, 4.69) is 0 Å². The van der Waals surface area contributed by atoms with Crippen LogP contribution < -0.4 is 5.43 Å². The van der Waals surface area contributed by atoms with Crippen LogP contribution in [-0.2, 0) is 0 Å². The highest BCUT2D eigenvalue weighted by molar-refractivity contribution is 7.24. The van der Waals surface area contributed by atoms with Crippen LogP contribution in [0.25, 0.3) is 20.2 Å². The summed E-state index contributed by atoms with van der Waals surface area (Å²) in [4.78, 5) is 12.1. The van der Waals surface area contributed by atoms with Gasteiger partial charge in [-0.15, -0.1) is 11.3 Å². The third-order valence-corrected chi connectivity index (χ3v) is 4.39. The molecule has 1 aromatic heterocycles. The molecule has 0 atom stereocenters. The molecule has 108 valence electrons. The average Bonchev–Trinajstić information content (AvgIpc) is 2.57. The molecule has 0 amide bonds. The average molecular weight is 306 g/mol.